The maximum absolute atomic E-state index is 12.2. The van der Waals surface area contributed by atoms with E-state index in [9.17, 15) is 4.79 Å². The molecule has 3 rings (SSSR count). The van der Waals surface area contributed by atoms with Gasteiger partial charge in [-0.15, -0.1) is 0 Å². The first kappa shape index (κ1) is 15.4. The Labute approximate surface area is 144 Å². The van der Waals surface area contributed by atoms with Crippen LogP contribution in [0.15, 0.2) is 89.4 Å². The zero-order valence-corrected chi connectivity index (χ0v) is 14.0. The fourth-order valence-corrected chi connectivity index (χ4v) is 2.82. The van der Waals surface area contributed by atoms with Crippen LogP contribution in [0.5, 0.6) is 0 Å². The number of benzene rings is 3. The fraction of sp³-hybridized carbons (Fsp3) is 0. The second-order valence-electron chi connectivity index (χ2n) is 5.17. The topological polar surface area (TPSA) is 17.1 Å². The zero-order chi connectivity index (χ0) is 16.1. The lowest BCUT2D eigenvalue weighted by atomic mass is 10.0. The first-order chi connectivity index (χ1) is 11.2. The molecule has 0 amide bonds. The van der Waals surface area contributed by atoms with Crippen LogP contribution < -0.4 is 0 Å². The van der Waals surface area contributed by atoms with Gasteiger partial charge in [-0.1, -0.05) is 88.7 Å². The van der Waals surface area contributed by atoms with Gasteiger partial charge < -0.3 is 0 Å². The summed E-state index contributed by atoms with van der Waals surface area (Å²) in [5.74, 6) is -0.00962. The summed E-state index contributed by atoms with van der Waals surface area (Å²) in [7, 11) is 0. The average molecular weight is 363 g/mol. The van der Waals surface area contributed by atoms with Gasteiger partial charge in [0.1, 0.15) is 0 Å². The summed E-state index contributed by atoms with van der Waals surface area (Å²) in [6, 6.07) is 25.8. The number of halogens is 1. The van der Waals surface area contributed by atoms with Crippen LogP contribution in [0, 0.1) is 0 Å². The molecule has 0 radical (unpaired) electrons. The molecule has 23 heavy (non-hydrogen) atoms. The second kappa shape index (κ2) is 7.21. The largest absolute Gasteiger partial charge is 0.289 e. The number of carbonyl (C=O) groups is 1. The molecule has 0 fully saturated rings. The molecule has 1 nitrogen and oxygen atoms in total. The third-order valence-corrected chi connectivity index (χ3v) is 4.28. The van der Waals surface area contributed by atoms with E-state index in [1.165, 1.54) is 11.1 Å². The van der Waals surface area contributed by atoms with Gasteiger partial charge >= 0.3 is 0 Å². The molecule has 0 saturated carbocycles. The van der Waals surface area contributed by atoms with E-state index < -0.39 is 0 Å². The van der Waals surface area contributed by atoms with Gasteiger partial charge in [-0.05, 0) is 34.9 Å². The van der Waals surface area contributed by atoms with Crippen LogP contribution in [0.3, 0.4) is 0 Å². The third kappa shape index (κ3) is 3.85. The van der Waals surface area contributed by atoms with E-state index in [0.29, 0.717) is 5.56 Å². The van der Waals surface area contributed by atoms with Crippen molar-refractivity contribution in [2.45, 2.75) is 0 Å². The maximum Gasteiger partial charge on any atom is 0.186 e. The van der Waals surface area contributed by atoms with Crippen molar-refractivity contribution in [1.29, 1.82) is 0 Å². The molecule has 0 saturated heterocycles. The van der Waals surface area contributed by atoms with Crippen LogP contribution in [0.1, 0.15) is 15.9 Å². The lowest BCUT2D eigenvalue weighted by Gasteiger charge is -2.02. The van der Waals surface area contributed by atoms with Gasteiger partial charge in [0.05, 0.1) is 0 Å². The molecule has 112 valence electrons. The van der Waals surface area contributed by atoms with Crippen molar-refractivity contribution in [3.05, 3.63) is 101 Å². The first-order valence-electron chi connectivity index (χ1n) is 7.36. The summed E-state index contributed by atoms with van der Waals surface area (Å²) in [6.45, 7) is 0. The number of ketones is 1. The number of hydrogen-bond acceptors (Lipinski definition) is 1. The predicted molar refractivity (Wildman–Crippen MR) is 99.4 cm³/mol. The van der Waals surface area contributed by atoms with Crippen LogP contribution in [0.25, 0.3) is 17.2 Å². The van der Waals surface area contributed by atoms with Gasteiger partial charge in [-0.2, -0.15) is 0 Å². The molecule has 0 aromatic heterocycles. The van der Waals surface area contributed by atoms with Crippen molar-refractivity contribution in [3.63, 3.8) is 0 Å². The number of allylic oxidation sites excluding steroid dienone is 1. The maximum atomic E-state index is 12.2. The summed E-state index contributed by atoms with van der Waals surface area (Å²) in [4.78, 5) is 12.2. The molecule has 0 N–H and O–H groups in total. The molecule has 3 aromatic rings. The molecule has 3 aromatic carbocycles. The minimum atomic E-state index is -0.00962. The van der Waals surface area contributed by atoms with E-state index in [0.717, 1.165) is 10.0 Å². The van der Waals surface area contributed by atoms with Crippen molar-refractivity contribution in [3.8, 4) is 11.1 Å². The lowest BCUT2D eigenvalue weighted by molar-refractivity contribution is 0.104. The highest BCUT2D eigenvalue weighted by Crippen LogP contribution is 2.20. The lowest BCUT2D eigenvalue weighted by Crippen LogP contribution is -1.94. The van der Waals surface area contributed by atoms with E-state index in [1.807, 2.05) is 60.7 Å². The van der Waals surface area contributed by atoms with E-state index in [-0.39, 0.29) is 5.78 Å². The zero-order valence-electron chi connectivity index (χ0n) is 12.4. The summed E-state index contributed by atoms with van der Waals surface area (Å²) in [5, 5.41) is 0. The van der Waals surface area contributed by atoms with Crippen LogP contribution in [-0.4, -0.2) is 5.78 Å². The van der Waals surface area contributed by atoms with Crippen molar-refractivity contribution >= 4 is 27.8 Å². The van der Waals surface area contributed by atoms with Gasteiger partial charge in [0.15, 0.2) is 5.78 Å². The minimum absolute atomic E-state index is 0.00962. The summed E-state index contributed by atoms with van der Waals surface area (Å²) < 4.78 is 0.814. The molecule has 0 spiro atoms. The summed E-state index contributed by atoms with van der Waals surface area (Å²) in [5.41, 5.74) is 4.03. The van der Waals surface area contributed by atoms with E-state index in [2.05, 4.69) is 40.2 Å². The van der Waals surface area contributed by atoms with Crippen LogP contribution in [0.4, 0.5) is 0 Å². The molecule has 0 bridgehead atoms. The van der Waals surface area contributed by atoms with E-state index >= 15 is 0 Å². The van der Waals surface area contributed by atoms with Crippen molar-refractivity contribution in [2.24, 2.45) is 0 Å². The monoisotopic (exact) mass is 362 g/mol. The third-order valence-electron chi connectivity index (χ3n) is 3.58. The molecule has 0 heterocycles. The second-order valence-corrected chi connectivity index (χ2v) is 6.02. The molecule has 0 aliphatic rings. The van der Waals surface area contributed by atoms with Gasteiger partial charge in [-0.3, -0.25) is 4.79 Å². The number of carbonyl (C=O) groups excluding carboxylic acids is 1. The van der Waals surface area contributed by atoms with Gasteiger partial charge in [0, 0.05) is 10.0 Å². The SMILES string of the molecule is O=C(C=Cc1ccc(-c2ccccc2)cc1)c1ccccc1Br. The van der Waals surface area contributed by atoms with Gasteiger partial charge in [0.25, 0.3) is 0 Å². The molecule has 0 unspecified atom stereocenters. The molecule has 0 aliphatic carbocycles. The van der Waals surface area contributed by atoms with Crippen molar-refractivity contribution in [2.75, 3.05) is 0 Å². The first-order valence-corrected chi connectivity index (χ1v) is 8.16. The van der Waals surface area contributed by atoms with Gasteiger partial charge in [-0.25, -0.2) is 0 Å². The highest BCUT2D eigenvalue weighted by Gasteiger charge is 2.05. The Bertz CT molecular complexity index is 833. The molecule has 0 atom stereocenters. The standard InChI is InChI=1S/C21H15BrO/c22-20-9-5-4-8-19(20)21(23)15-12-16-10-13-18(14-11-16)17-6-2-1-3-7-17/h1-15H. The highest BCUT2D eigenvalue weighted by atomic mass is 79.9. The Kier molecular flexibility index (Phi) is 4.84. The Morgan fingerprint density at radius 1 is 0.739 bits per heavy atom. The van der Waals surface area contributed by atoms with Crippen LogP contribution in [-0.2, 0) is 0 Å². The average Bonchev–Trinajstić information content (AvgIpc) is 2.61. The molecule has 0 aliphatic heterocycles. The Morgan fingerprint density at radius 2 is 1.35 bits per heavy atom. The molecular formula is C21H15BrO. The van der Waals surface area contributed by atoms with Crippen LogP contribution in [0.2, 0.25) is 0 Å². The number of rotatable bonds is 4. The summed E-state index contributed by atoms with van der Waals surface area (Å²) >= 11 is 3.40. The molecule has 2 heteroatoms. The minimum Gasteiger partial charge on any atom is -0.289 e. The Balaban J connectivity index is 1.76. The van der Waals surface area contributed by atoms with E-state index in [4.69, 9.17) is 0 Å². The van der Waals surface area contributed by atoms with Crippen LogP contribution >= 0.6 is 15.9 Å². The Hall–Kier alpha value is -2.45. The fourth-order valence-electron chi connectivity index (χ4n) is 2.34. The Morgan fingerprint density at radius 3 is 2.04 bits per heavy atom. The normalized spacial score (nSPS) is 10.8. The quantitative estimate of drug-likeness (QED) is 0.410. The van der Waals surface area contributed by atoms with Crippen molar-refractivity contribution in [1.82, 2.24) is 0 Å². The van der Waals surface area contributed by atoms with Crippen molar-refractivity contribution < 1.29 is 4.79 Å². The van der Waals surface area contributed by atoms with E-state index in [1.54, 1.807) is 6.08 Å². The summed E-state index contributed by atoms with van der Waals surface area (Å²) in [6.07, 6.45) is 3.45. The molecular weight excluding hydrogens is 348 g/mol. The number of hydrogen-bond donors (Lipinski definition) is 0. The highest BCUT2D eigenvalue weighted by molar-refractivity contribution is 9.10. The predicted octanol–water partition coefficient (Wildman–Crippen LogP) is 6.01. The smallest absolute Gasteiger partial charge is 0.186 e. The van der Waals surface area contributed by atoms with Gasteiger partial charge in [0.2, 0.25) is 0 Å².